The maximum atomic E-state index is 13.3. The molecule has 174 valence electrons. The number of nitrogens with zero attached hydrogens (tertiary/aromatic N) is 2. The molecule has 2 aliphatic heterocycles. The average Bonchev–Trinajstić information content (AvgIpc) is 2.89. The van der Waals surface area contributed by atoms with Crippen LogP contribution in [0.25, 0.3) is 0 Å². The number of rotatable bonds is 7. The molecule has 4 rings (SSSR count). The highest BCUT2D eigenvalue weighted by atomic mass is 32.2. The minimum atomic E-state index is -1.37. The van der Waals surface area contributed by atoms with Gasteiger partial charge in [-0.3, -0.25) is 4.79 Å². The first-order valence-corrected chi connectivity index (χ1v) is 12.0. The molecule has 0 spiro atoms. The molecule has 2 N–H and O–H groups in total. The van der Waals surface area contributed by atoms with Gasteiger partial charge in [-0.25, -0.2) is 4.99 Å². The summed E-state index contributed by atoms with van der Waals surface area (Å²) in [5.74, 6) is 0.148. The Morgan fingerprint density at radius 2 is 2.15 bits per heavy atom. The number of dihydropyridines is 1. The van der Waals surface area contributed by atoms with E-state index in [2.05, 4.69) is 11.1 Å². The lowest BCUT2D eigenvalue weighted by Crippen LogP contribution is -2.52. The van der Waals surface area contributed by atoms with Crippen LogP contribution in [0, 0.1) is 11.3 Å². The number of aliphatic imine (C=N–C) groups is 1. The molecule has 2 aliphatic rings. The molecule has 2 unspecified atom stereocenters. The second-order valence-corrected chi connectivity index (χ2v) is 8.72. The van der Waals surface area contributed by atoms with Crippen molar-refractivity contribution in [2.75, 3.05) is 26.6 Å². The molecule has 0 fully saturated rings. The van der Waals surface area contributed by atoms with Gasteiger partial charge in [0.1, 0.15) is 0 Å². The van der Waals surface area contributed by atoms with Gasteiger partial charge in [0.2, 0.25) is 12.1 Å². The number of methoxy groups -OCH3 is 1. The van der Waals surface area contributed by atoms with Gasteiger partial charge in [-0.1, -0.05) is 18.2 Å². The van der Waals surface area contributed by atoms with Crippen molar-refractivity contribution in [3.8, 4) is 17.6 Å². The van der Waals surface area contributed by atoms with E-state index in [0.29, 0.717) is 42.3 Å². The van der Waals surface area contributed by atoms with Gasteiger partial charge in [-0.2, -0.15) is 5.26 Å². The molecule has 0 aromatic heterocycles. The first kappa shape index (κ1) is 23.6. The number of ether oxygens (including phenoxy) is 3. The molecule has 2 aromatic rings. The normalized spacial score (nSPS) is 21.7. The van der Waals surface area contributed by atoms with Gasteiger partial charge in [0.05, 0.1) is 32.0 Å². The van der Waals surface area contributed by atoms with Crippen molar-refractivity contribution < 1.29 is 19.0 Å². The van der Waals surface area contributed by atoms with Crippen molar-refractivity contribution in [2.45, 2.75) is 23.0 Å². The van der Waals surface area contributed by atoms with Crippen LogP contribution in [0.1, 0.15) is 17.5 Å². The van der Waals surface area contributed by atoms with Crippen molar-refractivity contribution >= 4 is 23.9 Å². The first-order chi connectivity index (χ1) is 16.5. The van der Waals surface area contributed by atoms with Crippen LogP contribution >= 0.6 is 11.8 Å². The lowest BCUT2D eigenvalue weighted by Gasteiger charge is -2.37. The van der Waals surface area contributed by atoms with Crippen LogP contribution in [0.4, 0.5) is 0 Å². The largest absolute Gasteiger partial charge is 0.493 e. The second-order valence-electron chi connectivity index (χ2n) is 7.85. The number of primary amides is 1. The summed E-state index contributed by atoms with van der Waals surface area (Å²) in [6.45, 7) is 1.11. The maximum Gasteiger partial charge on any atom is 0.237 e. The molecule has 0 aliphatic carbocycles. The Kier molecular flexibility index (Phi) is 7.06. The highest BCUT2D eigenvalue weighted by molar-refractivity contribution is 7.98. The summed E-state index contributed by atoms with van der Waals surface area (Å²) in [6.07, 6.45) is 7.28. The summed E-state index contributed by atoms with van der Waals surface area (Å²) in [5, 5.41) is 9.22. The average molecular weight is 476 g/mol. The Balaban J connectivity index is 1.86. The number of nitrogens with two attached hydrogens (primary N) is 1. The van der Waals surface area contributed by atoms with Crippen LogP contribution in [-0.2, 0) is 14.9 Å². The molecule has 7 nitrogen and oxygen atoms in total. The Hall–Kier alpha value is -3.54. The fraction of sp³-hybridized carbons (Fsp3) is 0.269. The monoisotopic (exact) mass is 475 g/mol. The molecule has 8 heteroatoms. The molecule has 0 saturated heterocycles. The lowest BCUT2D eigenvalue weighted by atomic mass is 9.74. The predicted molar refractivity (Wildman–Crippen MR) is 131 cm³/mol. The Bertz CT molecular complexity index is 1230. The van der Waals surface area contributed by atoms with Crippen LogP contribution in [0.5, 0.6) is 11.5 Å². The Labute approximate surface area is 202 Å². The summed E-state index contributed by atoms with van der Waals surface area (Å²) in [4.78, 5) is 18.9. The highest BCUT2D eigenvalue weighted by Crippen LogP contribution is 2.41. The number of hydrogen-bond acceptors (Lipinski definition) is 7. The standard InChI is InChI=1S/C26H25N3O4S/c1-31-23-12-17(15-27)6-7-22(23)33-25-26(24(28)30,20-4-3-5-21(13-20)34-2)14-19(16-29-25)18-8-10-32-11-9-18/h3-8,12-14,16,25H,9-11H2,1-2H3,(H2,28,30). The van der Waals surface area contributed by atoms with Crippen molar-refractivity contribution in [1.82, 2.24) is 0 Å². The van der Waals surface area contributed by atoms with Gasteiger partial charge in [0, 0.05) is 17.2 Å². The summed E-state index contributed by atoms with van der Waals surface area (Å²) < 4.78 is 17.2. The molecule has 0 saturated carbocycles. The molecule has 0 radical (unpaired) electrons. The van der Waals surface area contributed by atoms with E-state index in [1.54, 1.807) is 36.2 Å². The van der Waals surface area contributed by atoms with E-state index in [1.807, 2.05) is 42.7 Å². The van der Waals surface area contributed by atoms with E-state index in [1.165, 1.54) is 7.11 Å². The fourth-order valence-electron chi connectivity index (χ4n) is 4.10. The zero-order chi connectivity index (χ0) is 24.1. The van der Waals surface area contributed by atoms with Crippen molar-refractivity contribution in [2.24, 2.45) is 10.7 Å². The quantitative estimate of drug-likeness (QED) is 0.611. The van der Waals surface area contributed by atoms with Gasteiger partial charge >= 0.3 is 0 Å². The van der Waals surface area contributed by atoms with Gasteiger partial charge in [-0.05, 0) is 59.7 Å². The zero-order valence-electron chi connectivity index (χ0n) is 19.0. The smallest absolute Gasteiger partial charge is 0.237 e. The predicted octanol–water partition coefficient (Wildman–Crippen LogP) is 3.77. The fourth-order valence-corrected chi connectivity index (χ4v) is 4.56. The Morgan fingerprint density at radius 3 is 2.82 bits per heavy atom. The van der Waals surface area contributed by atoms with Crippen molar-refractivity contribution in [1.29, 1.82) is 5.26 Å². The molecular formula is C26H25N3O4S. The highest BCUT2D eigenvalue weighted by Gasteiger charge is 2.48. The third kappa shape index (κ3) is 4.45. The molecule has 1 amide bonds. The number of carbonyl (C=O) groups excluding carboxylic acids is 1. The minimum absolute atomic E-state index is 0.359. The van der Waals surface area contributed by atoms with E-state index in [0.717, 1.165) is 16.0 Å². The Morgan fingerprint density at radius 1 is 1.29 bits per heavy atom. The molecule has 2 atom stereocenters. The molecular weight excluding hydrogens is 450 g/mol. The van der Waals surface area contributed by atoms with E-state index in [-0.39, 0.29) is 0 Å². The van der Waals surface area contributed by atoms with E-state index >= 15 is 0 Å². The number of allylic oxidation sites excluding steroid dienone is 1. The van der Waals surface area contributed by atoms with E-state index in [4.69, 9.17) is 19.9 Å². The number of benzene rings is 2. The van der Waals surface area contributed by atoms with Crippen molar-refractivity contribution in [3.05, 3.63) is 76.9 Å². The topological polar surface area (TPSA) is 107 Å². The van der Waals surface area contributed by atoms with Gasteiger partial charge in [0.15, 0.2) is 16.9 Å². The molecule has 2 heterocycles. The van der Waals surface area contributed by atoms with Gasteiger partial charge < -0.3 is 19.9 Å². The molecule has 0 bridgehead atoms. The number of nitriles is 1. The van der Waals surface area contributed by atoms with Gasteiger partial charge in [-0.15, -0.1) is 11.8 Å². The van der Waals surface area contributed by atoms with Crippen LogP contribution in [0.15, 0.2) is 75.7 Å². The third-order valence-corrected chi connectivity index (χ3v) is 6.67. The van der Waals surface area contributed by atoms with Crippen LogP contribution in [0.2, 0.25) is 0 Å². The number of amides is 1. The van der Waals surface area contributed by atoms with Crippen LogP contribution in [-0.4, -0.2) is 44.9 Å². The summed E-state index contributed by atoms with van der Waals surface area (Å²) in [5.41, 5.74) is 7.74. The molecule has 2 aromatic carbocycles. The van der Waals surface area contributed by atoms with Crippen molar-refractivity contribution in [3.63, 3.8) is 0 Å². The van der Waals surface area contributed by atoms with Crippen LogP contribution < -0.4 is 15.2 Å². The summed E-state index contributed by atoms with van der Waals surface area (Å²) in [6, 6.07) is 14.6. The van der Waals surface area contributed by atoms with Gasteiger partial charge in [0.25, 0.3) is 0 Å². The maximum absolute atomic E-state index is 13.3. The summed E-state index contributed by atoms with van der Waals surface area (Å²) in [7, 11) is 1.49. The second kappa shape index (κ2) is 10.2. The van der Waals surface area contributed by atoms with E-state index in [9.17, 15) is 10.1 Å². The number of thioether (sulfide) groups is 1. The summed E-state index contributed by atoms with van der Waals surface area (Å²) >= 11 is 1.57. The lowest BCUT2D eigenvalue weighted by molar-refractivity contribution is -0.124. The first-order valence-electron chi connectivity index (χ1n) is 10.7. The number of hydrogen-bond donors (Lipinski definition) is 1. The van der Waals surface area contributed by atoms with E-state index < -0.39 is 17.6 Å². The molecule has 34 heavy (non-hydrogen) atoms. The SMILES string of the molecule is COc1cc(C#N)ccc1OC1N=CC(C2=CCOCC2)=CC1(C(N)=O)c1cccc(SC)c1. The van der Waals surface area contributed by atoms with Crippen LogP contribution in [0.3, 0.4) is 0 Å². The third-order valence-electron chi connectivity index (χ3n) is 5.94. The zero-order valence-corrected chi connectivity index (χ0v) is 19.8. The number of carbonyl (C=O) groups is 1. The minimum Gasteiger partial charge on any atom is -0.493 e.